The first-order valence-electron chi connectivity index (χ1n) is 5.03. The highest BCUT2D eigenvalue weighted by atomic mass is 32.2. The number of aryl methyl sites for hydroxylation is 1. The number of nitrogens with one attached hydrogen (secondary N) is 1. The van der Waals surface area contributed by atoms with Crippen LogP contribution >= 0.6 is 0 Å². The Labute approximate surface area is 89.6 Å². The highest BCUT2D eigenvalue weighted by Crippen LogP contribution is 2.13. The standard InChI is InChI=1S/C10H15NO3S/c1-8-2-4-14-10(8)6-11-9-3-5-15(12,13)7-9/h2,4,9,11H,3,5-7H2,1H3. The Morgan fingerprint density at radius 3 is 2.93 bits per heavy atom. The van der Waals surface area contributed by atoms with Gasteiger partial charge in [0.05, 0.1) is 24.3 Å². The van der Waals surface area contributed by atoms with Crippen molar-refractivity contribution in [1.82, 2.24) is 5.32 Å². The summed E-state index contributed by atoms with van der Waals surface area (Å²) < 4.78 is 27.7. The number of sulfone groups is 1. The normalized spacial score (nSPS) is 24.5. The molecule has 0 radical (unpaired) electrons. The molecule has 4 nitrogen and oxygen atoms in total. The SMILES string of the molecule is Cc1ccoc1CNC1CCS(=O)(=O)C1. The van der Waals surface area contributed by atoms with E-state index in [4.69, 9.17) is 4.42 Å². The summed E-state index contributed by atoms with van der Waals surface area (Å²) in [6, 6.07) is 1.99. The van der Waals surface area contributed by atoms with E-state index in [0.29, 0.717) is 18.7 Å². The third-order valence-electron chi connectivity index (χ3n) is 2.75. The lowest BCUT2D eigenvalue weighted by molar-refractivity contribution is 0.455. The molecule has 1 aromatic heterocycles. The number of rotatable bonds is 3. The maximum Gasteiger partial charge on any atom is 0.151 e. The molecule has 1 aliphatic heterocycles. The van der Waals surface area contributed by atoms with Crippen LogP contribution in [0, 0.1) is 6.92 Å². The van der Waals surface area contributed by atoms with Crippen LogP contribution in [0.4, 0.5) is 0 Å². The van der Waals surface area contributed by atoms with Crippen LogP contribution in [0.3, 0.4) is 0 Å². The average Bonchev–Trinajstić information content (AvgIpc) is 2.69. The van der Waals surface area contributed by atoms with Gasteiger partial charge in [-0.05, 0) is 25.0 Å². The van der Waals surface area contributed by atoms with Crippen LogP contribution in [0.2, 0.25) is 0 Å². The van der Waals surface area contributed by atoms with Crippen molar-refractivity contribution < 1.29 is 12.8 Å². The van der Waals surface area contributed by atoms with Crippen molar-refractivity contribution >= 4 is 9.84 Å². The minimum atomic E-state index is -2.79. The lowest BCUT2D eigenvalue weighted by atomic mass is 10.2. The molecule has 1 saturated heterocycles. The van der Waals surface area contributed by atoms with E-state index in [-0.39, 0.29) is 11.8 Å². The number of hydrogen-bond donors (Lipinski definition) is 1. The third kappa shape index (κ3) is 2.60. The maximum atomic E-state index is 11.2. The third-order valence-corrected chi connectivity index (χ3v) is 4.52. The van der Waals surface area contributed by atoms with E-state index in [1.165, 1.54) is 0 Å². The van der Waals surface area contributed by atoms with E-state index in [9.17, 15) is 8.42 Å². The predicted molar refractivity (Wildman–Crippen MR) is 57.3 cm³/mol. The van der Waals surface area contributed by atoms with Gasteiger partial charge >= 0.3 is 0 Å². The monoisotopic (exact) mass is 229 g/mol. The molecule has 0 bridgehead atoms. The van der Waals surface area contributed by atoms with E-state index in [1.807, 2.05) is 13.0 Å². The fourth-order valence-corrected chi connectivity index (χ4v) is 3.49. The lowest BCUT2D eigenvalue weighted by Gasteiger charge is -2.09. The first-order chi connectivity index (χ1) is 7.07. The average molecular weight is 229 g/mol. The summed E-state index contributed by atoms with van der Waals surface area (Å²) in [7, 11) is -2.79. The van der Waals surface area contributed by atoms with Gasteiger partial charge < -0.3 is 9.73 Å². The highest BCUT2D eigenvalue weighted by Gasteiger charge is 2.27. The van der Waals surface area contributed by atoms with Crippen LogP contribution in [-0.2, 0) is 16.4 Å². The van der Waals surface area contributed by atoms with Gasteiger partial charge in [-0.15, -0.1) is 0 Å². The van der Waals surface area contributed by atoms with Crippen LogP contribution in [-0.4, -0.2) is 26.0 Å². The van der Waals surface area contributed by atoms with Crippen LogP contribution < -0.4 is 5.32 Å². The van der Waals surface area contributed by atoms with Crippen molar-refractivity contribution in [2.75, 3.05) is 11.5 Å². The maximum absolute atomic E-state index is 11.2. The van der Waals surface area contributed by atoms with Gasteiger partial charge in [-0.3, -0.25) is 0 Å². The lowest BCUT2D eigenvalue weighted by Crippen LogP contribution is -2.29. The summed E-state index contributed by atoms with van der Waals surface area (Å²) in [5.41, 5.74) is 1.10. The van der Waals surface area contributed by atoms with Crippen LogP contribution in [0.15, 0.2) is 16.7 Å². The van der Waals surface area contributed by atoms with Crippen molar-refractivity contribution in [3.63, 3.8) is 0 Å². The quantitative estimate of drug-likeness (QED) is 0.835. The van der Waals surface area contributed by atoms with Gasteiger partial charge in [0.1, 0.15) is 5.76 Å². The largest absolute Gasteiger partial charge is 0.468 e. The molecule has 0 saturated carbocycles. The van der Waals surface area contributed by atoms with Gasteiger partial charge in [-0.2, -0.15) is 0 Å². The van der Waals surface area contributed by atoms with E-state index < -0.39 is 9.84 Å². The summed E-state index contributed by atoms with van der Waals surface area (Å²) in [6.07, 6.45) is 2.36. The topological polar surface area (TPSA) is 59.3 Å². The molecule has 1 fully saturated rings. The van der Waals surface area contributed by atoms with E-state index >= 15 is 0 Å². The Kier molecular flexibility index (Phi) is 2.84. The summed E-state index contributed by atoms with van der Waals surface area (Å²) in [6.45, 7) is 2.59. The molecule has 1 N–H and O–H groups in total. The second-order valence-corrected chi connectivity index (χ2v) is 6.24. The molecule has 84 valence electrons. The zero-order valence-corrected chi connectivity index (χ0v) is 9.51. The fourth-order valence-electron chi connectivity index (χ4n) is 1.78. The molecule has 0 aromatic carbocycles. The molecule has 1 unspecified atom stereocenters. The first kappa shape index (κ1) is 10.7. The summed E-state index contributed by atoms with van der Waals surface area (Å²) in [4.78, 5) is 0. The summed E-state index contributed by atoms with van der Waals surface area (Å²) >= 11 is 0. The Balaban J connectivity index is 1.88. The molecule has 1 atom stereocenters. The fraction of sp³-hybridized carbons (Fsp3) is 0.600. The molecular formula is C10H15NO3S. The van der Waals surface area contributed by atoms with E-state index in [0.717, 1.165) is 11.3 Å². The van der Waals surface area contributed by atoms with Crippen molar-refractivity contribution in [2.24, 2.45) is 0 Å². The second-order valence-electron chi connectivity index (χ2n) is 4.01. The van der Waals surface area contributed by atoms with Gasteiger partial charge in [-0.25, -0.2) is 8.42 Å². The zero-order chi connectivity index (χ0) is 10.9. The zero-order valence-electron chi connectivity index (χ0n) is 8.69. The van der Waals surface area contributed by atoms with Gasteiger partial charge in [0, 0.05) is 6.04 Å². The van der Waals surface area contributed by atoms with Gasteiger partial charge in [0.15, 0.2) is 9.84 Å². The van der Waals surface area contributed by atoms with Crippen molar-refractivity contribution in [2.45, 2.75) is 25.9 Å². The Morgan fingerprint density at radius 2 is 2.40 bits per heavy atom. The van der Waals surface area contributed by atoms with Crippen LogP contribution in [0.1, 0.15) is 17.7 Å². The van der Waals surface area contributed by atoms with Gasteiger partial charge in [0.25, 0.3) is 0 Å². The first-order valence-corrected chi connectivity index (χ1v) is 6.86. The predicted octanol–water partition coefficient (Wildman–Crippen LogP) is 0.865. The molecule has 0 amide bonds. The minimum absolute atomic E-state index is 0.0829. The summed E-state index contributed by atoms with van der Waals surface area (Å²) in [5, 5.41) is 3.21. The molecule has 1 aromatic rings. The smallest absolute Gasteiger partial charge is 0.151 e. The number of hydrogen-bond acceptors (Lipinski definition) is 4. The molecule has 2 rings (SSSR count). The Hall–Kier alpha value is -0.810. The van der Waals surface area contributed by atoms with Crippen LogP contribution in [0.5, 0.6) is 0 Å². The van der Waals surface area contributed by atoms with Crippen molar-refractivity contribution in [3.05, 3.63) is 23.7 Å². The van der Waals surface area contributed by atoms with Crippen molar-refractivity contribution in [1.29, 1.82) is 0 Å². The Morgan fingerprint density at radius 1 is 1.60 bits per heavy atom. The van der Waals surface area contributed by atoms with Gasteiger partial charge in [0.2, 0.25) is 0 Å². The Bertz CT molecular complexity index is 435. The minimum Gasteiger partial charge on any atom is -0.468 e. The molecule has 0 aliphatic carbocycles. The van der Waals surface area contributed by atoms with Gasteiger partial charge in [-0.1, -0.05) is 0 Å². The molecule has 5 heteroatoms. The molecule has 1 aliphatic rings. The molecule has 15 heavy (non-hydrogen) atoms. The molecular weight excluding hydrogens is 214 g/mol. The second kappa shape index (κ2) is 3.98. The molecule has 2 heterocycles. The summed E-state index contributed by atoms with van der Waals surface area (Å²) in [5.74, 6) is 1.45. The van der Waals surface area contributed by atoms with Crippen LogP contribution in [0.25, 0.3) is 0 Å². The van der Waals surface area contributed by atoms with E-state index in [1.54, 1.807) is 6.26 Å². The molecule has 0 spiro atoms. The van der Waals surface area contributed by atoms with E-state index in [2.05, 4.69) is 5.32 Å². The van der Waals surface area contributed by atoms with Crippen molar-refractivity contribution in [3.8, 4) is 0 Å². The number of furan rings is 1. The highest BCUT2D eigenvalue weighted by molar-refractivity contribution is 7.91.